The molecular weight excluding hydrogens is 436 g/mol. The first-order chi connectivity index (χ1) is 16.4. The second-order valence-corrected chi connectivity index (χ2v) is 9.84. The predicted octanol–water partition coefficient (Wildman–Crippen LogP) is 2.01. The van der Waals surface area contributed by atoms with Gasteiger partial charge in [-0.3, -0.25) is 24.9 Å². The number of hydrogen-bond donors (Lipinski definition) is 3. The molecule has 1 saturated heterocycles. The van der Waals surface area contributed by atoms with Gasteiger partial charge in [0.2, 0.25) is 12.3 Å². The van der Waals surface area contributed by atoms with Crippen molar-refractivity contribution in [1.82, 2.24) is 20.6 Å². The molecule has 2 aliphatic carbocycles. The van der Waals surface area contributed by atoms with Crippen molar-refractivity contribution in [3.8, 4) is 0 Å². The van der Waals surface area contributed by atoms with Crippen LogP contribution in [0.25, 0.3) is 0 Å². The molecule has 2 atom stereocenters. The van der Waals surface area contributed by atoms with Crippen molar-refractivity contribution in [3.63, 3.8) is 0 Å². The van der Waals surface area contributed by atoms with Gasteiger partial charge in [-0.15, -0.1) is 0 Å². The number of rotatable bonds is 8. The molecule has 1 aromatic carbocycles. The molecule has 34 heavy (non-hydrogen) atoms. The van der Waals surface area contributed by atoms with Crippen LogP contribution in [0.3, 0.4) is 0 Å². The van der Waals surface area contributed by atoms with E-state index in [0.717, 1.165) is 38.5 Å². The normalized spacial score (nSPS) is 21.2. The van der Waals surface area contributed by atoms with E-state index >= 15 is 0 Å². The lowest BCUT2D eigenvalue weighted by Crippen LogP contribution is -2.53. The molecule has 2 fully saturated rings. The van der Waals surface area contributed by atoms with Gasteiger partial charge in [-0.25, -0.2) is 9.86 Å². The van der Waals surface area contributed by atoms with E-state index < -0.39 is 23.9 Å². The van der Waals surface area contributed by atoms with Crippen LogP contribution >= 0.6 is 0 Å². The van der Waals surface area contributed by atoms with E-state index in [4.69, 9.17) is 0 Å². The van der Waals surface area contributed by atoms with Gasteiger partial charge in [0.1, 0.15) is 6.04 Å². The van der Waals surface area contributed by atoms with Gasteiger partial charge in [0.25, 0.3) is 5.91 Å². The molecular formula is C25H34N4O5. The van der Waals surface area contributed by atoms with Gasteiger partial charge in [-0.05, 0) is 49.1 Å². The van der Waals surface area contributed by atoms with Gasteiger partial charge >= 0.3 is 6.03 Å². The highest BCUT2D eigenvalue weighted by molar-refractivity contribution is 5.99. The number of urea groups is 1. The molecule has 0 radical (unpaired) electrons. The Morgan fingerprint density at radius 2 is 1.76 bits per heavy atom. The highest BCUT2D eigenvalue weighted by Crippen LogP contribution is 2.32. The summed E-state index contributed by atoms with van der Waals surface area (Å²) >= 11 is 0. The summed E-state index contributed by atoms with van der Waals surface area (Å²) in [6, 6.07) is 6.69. The van der Waals surface area contributed by atoms with Crippen LogP contribution in [0.4, 0.5) is 4.79 Å². The fraction of sp³-hybridized carbons (Fsp3) is 0.600. The van der Waals surface area contributed by atoms with Gasteiger partial charge < -0.3 is 10.2 Å². The second-order valence-electron chi connectivity index (χ2n) is 9.84. The van der Waals surface area contributed by atoms with Crippen LogP contribution in [-0.2, 0) is 27.2 Å². The van der Waals surface area contributed by atoms with Crippen LogP contribution < -0.4 is 10.6 Å². The van der Waals surface area contributed by atoms with Gasteiger partial charge in [0.05, 0.1) is 12.5 Å². The largest absolute Gasteiger partial charge is 0.334 e. The molecule has 1 saturated carbocycles. The van der Waals surface area contributed by atoms with Crippen molar-refractivity contribution in [3.05, 3.63) is 35.4 Å². The number of amides is 5. The Kier molecular flexibility index (Phi) is 7.82. The molecule has 0 bridgehead atoms. The number of carbonyl (C=O) groups excluding carboxylic acids is 4. The minimum absolute atomic E-state index is 0.0683. The number of hydrogen-bond acceptors (Lipinski definition) is 5. The minimum Gasteiger partial charge on any atom is -0.334 e. The first-order valence-electron chi connectivity index (χ1n) is 12.3. The van der Waals surface area contributed by atoms with Crippen LogP contribution in [-0.4, -0.2) is 64.6 Å². The maximum absolute atomic E-state index is 13.4. The van der Waals surface area contributed by atoms with Crippen LogP contribution in [0.2, 0.25) is 0 Å². The Labute approximate surface area is 199 Å². The number of nitrogens with zero attached hydrogens (tertiary/aromatic N) is 2. The average Bonchev–Trinajstić information content (AvgIpc) is 3.57. The summed E-state index contributed by atoms with van der Waals surface area (Å²) in [5.41, 5.74) is 2.40. The Balaban J connectivity index is 1.34. The summed E-state index contributed by atoms with van der Waals surface area (Å²) in [6.07, 6.45) is 7.79. The lowest BCUT2D eigenvalue weighted by Gasteiger charge is -2.30. The smallest absolute Gasteiger partial charge is 0.321 e. The quantitative estimate of drug-likeness (QED) is 0.305. The lowest BCUT2D eigenvalue weighted by molar-refractivity contribution is -0.158. The van der Waals surface area contributed by atoms with Crippen LogP contribution in [0, 0.1) is 11.8 Å². The number of likely N-dealkylation sites (tertiary alicyclic amines) is 1. The molecule has 1 aliphatic heterocycles. The standard InChI is InChI=1S/C25H34N4O5/c30-16-28(34)15-20(12-17-6-1-2-7-17)24(32)29-11-5-10-22(29)23(31)27-25(33)26-21-13-18-8-3-4-9-19(18)14-21/h3-4,8-9,16-17,20-22,34H,1-2,5-7,10-15H2,(H2,26,27,31,33)/t20-,22+/m1/s1. The highest BCUT2D eigenvalue weighted by atomic mass is 16.5. The Bertz CT molecular complexity index is 891. The van der Waals surface area contributed by atoms with Crippen LogP contribution in [0.1, 0.15) is 56.1 Å². The minimum atomic E-state index is -0.728. The molecule has 9 nitrogen and oxygen atoms in total. The Morgan fingerprint density at radius 3 is 2.41 bits per heavy atom. The predicted molar refractivity (Wildman–Crippen MR) is 124 cm³/mol. The first-order valence-corrected chi connectivity index (χ1v) is 12.3. The maximum atomic E-state index is 13.4. The van der Waals surface area contributed by atoms with Crippen molar-refractivity contribution in [2.24, 2.45) is 11.8 Å². The third-order valence-electron chi connectivity index (χ3n) is 7.43. The van der Waals surface area contributed by atoms with Crippen LogP contribution in [0.15, 0.2) is 24.3 Å². The zero-order valence-electron chi connectivity index (χ0n) is 19.4. The summed E-state index contributed by atoms with van der Waals surface area (Å²) < 4.78 is 0. The summed E-state index contributed by atoms with van der Waals surface area (Å²) in [5.74, 6) is -0.922. The van der Waals surface area contributed by atoms with E-state index in [9.17, 15) is 24.4 Å². The molecule has 9 heteroatoms. The van der Waals surface area contributed by atoms with Gasteiger partial charge in [-0.1, -0.05) is 49.9 Å². The number of carbonyl (C=O) groups is 4. The summed E-state index contributed by atoms with van der Waals surface area (Å²) in [6.45, 7) is 0.330. The number of hydroxylamine groups is 2. The molecule has 0 unspecified atom stereocenters. The van der Waals surface area contributed by atoms with E-state index in [0.29, 0.717) is 43.2 Å². The third kappa shape index (κ3) is 5.75. The van der Waals surface area contributed by atoms with Crippen molar-refractivity contribution < 1.29 is 24.4 Å². The van der Waals surface area contributed by atoms with Crippen molar-refractivity contribution in [1.29, 1.82) is 0 Å². The van der Waals surface area contributed by atoms with Gasteiger partial charge in [0.15, 0.2) is 0 Å². The molecule has 1 aromatic rings. The Morgan fingerprint density at radius 1 is 1.09 bits per heavy atom. The molecule has 4 rings (SSSR count). The summed E-state index contributed by atoms with van der Waals surface area (Å²) in [4.78, 5) is 51.3. The zero-order valence-corrected chi connectivity index (χ0v) is 19.4. The highest BCUT2D eigenvalue weighted by Gasteiger charge is 2.39. The molecule has 5 amide bonds. The SMILES string of the molecule is O=CN(O)C[C@@H](CC1CCCC1)C(=O)N1CCC[C@H]1C(=O)NC(=O)NC1Cc2ccccc2C1. The molecule has 184 valence electrons. The topological polar surface area (TPSA) is 119 Å². The maximum Gasteiger partial charge on any atom is 0.321 e. The number of nitrogens with one attached hydrogen (secondary N) is 2. The van der Waals surface area contributed by atoms with Crippen molar-refractivity contribution in [2.45, 2.75) is 69.9 Å². The third-order valence-corrected chi connectivity index (χ3v) is 7.43. The number of fused-ring (bicyclic) bond motifs is 1. The van der Waals surface area contributed by atoms with Crippen LogP contribution in [0.5, 0.6) is 0 Å². The van der Waals surface area contributed by atoms with Crippen molar-refractivity contribution >= 4 is 24.3 Å². The summed E-state index contributed by atoms with van der Waals surface area (Å²) in [7, 11) is 0. The molecule has 1 heterocycles. The number of benzene rings is 1. The van der Waals surface area contributed by atoms with E-state index in [2.05, 4.69) is 10.6 Å². The number of imide groups is 1. The fourth-order valence-electron chi connectivity index (χ4n) is 5.79. The molecule has 3 aliphatic rings. The zero-order chi connectivity index (χ0) is 24.1. The second kappa shape index (κ2) is 11.0. The molecule has 0 aromatic heterocycles. The first kappa shape index (κ1) is 24.2. The van der Waals surface area contributed by atoms with Crippen molar-refractivity contribution in [2.75, 3.05) is 13.1 Å². The van der Waals surface area contributed by atoms with E-state index in [1.807, 2.05) is 24.3 Å². The molecule has 3 N–H and O–H groups in total. The average molecular weight is 471 g/mol. The van der Waals surface area contributed by atoms with Gasteiger partial charge in [-0.2, -0.15) is 0 Å². The van der Waals surface area contributed by atoms with Gasteiger partial charge in [0, 0.05) is 12.6 Å². The Hall–Kier alpha value is -2.94. The lowest BCUT2D eigenvalue weighted by atomic mass is 9.91. The molecule has 0 spiro atoms. The van der Waals surface area contributed by atoms with E-state index in [1.54, 1.807) is 0 Å². The fourth-order valence-corrected chi connectivity index (χ4v) is 5.79. The van der Waals surface area contributed by atoms with E-state index in [-0.39, 0.29) is 18.5 Å². The van der Waals surface area contributed by atoms with E-state index in [1.165, 1.54) is 16.0 Å². The monoisotopic (exact) mass is 470 g/mol. The summed E-state index contributed by atoms with van der Waals surface area (Å²) in [5, 5.41) is 15.6.